The largest absolute Gasteiger partial charge is 0.279 e. The smallest absolute Gasteiger partial charge is 0.244 e. The van der Waals surface area contributed by atoms with Crippen molar-refractivity contribution in [3.63, 3.8) is 0 Å². The van der Waals surface area contributed by atoms with Gasteiger partial charge in [-0.1, -0.05) is 65.8 Å². The van der Waals surface area contributed by atoms with Gasteiger partial charge in [-0.2, -0.15) is 0 Å². The van der Waals surface area contributed by atoms with E-state index in [4.69, 9.17) is 11.6 Å². The van der Waals surface area contributed by atoms with Crippen LogP contribution in [0.15, 0.2) is 65.3 Å². The molecule has 0 atom stereocenters. The summed E-state index contributed by atoms with van der Waals surface area (Å²) in [5, 5.41) is 0.669. The summed E-state index contributed by atoms with van der Waals surface area (Å²) in [6.07, 6.45) is 1.79. The molecule has 3 rings (SSSR count). The molecule has 2 aromatic rings. The first-order valence-electron chi connectivity index (χ1n) is 6.65. The van der Waals surface area contributed by atoms with Crippen molar-refractivity contribution in [1.82, 2.24) is 0 Å². The van der Waals surface area contributed by atoms with E-state index in [9.17, 15) is 4.79 Å². The summed E-state index contributed by atoms with van der Waals surface area (Å²) in [6.45, 7) is 0. The molecule has 0 unspecified atom stereocenters. The highest BCUT2D eigenvalue weighted by Crippen LogP contribution is 2.32. The number of aliphatic imine (C=N–C) groups is 1. The van der Waals surface area contributed by atoms with Gasteiger partial charge in [-0.15, -0.1) is 0 Å². The van der Waals surface area contributed by atoms with E-state index in [-0.39, 0.29) is 5.12 Å². The van der Waals surface area contributed by atoms with Gasteiger partial charge in [0.25, 0.3) is 0 Å². The lowest BCUT2D eigenvalue weighted by Crippen LogP contribution is -1.88. The lowest BCUT2D eigenvalue weighted by atomic mass is 10.2. The molecule has 0 saturated carbocycles. The van der Waals surface area contributed by atoms with Gasteiger partial charge in [0.2, 0.25) is 5.12 Å². The molecule has 0 saturated heterocycles. The average molecular weight is 346 g/mol. The van der Waals surface area contributed by atoms with Crippen LogP contribution in [0.1, 0.15) is 11.1 Å². The summed E-state index contributed by atoms with van der Waals surface area (Å²) in [5.74, 6) is 0.814. The molecule has 22 heavy (non-hydrogen) atoms. The van der Waals surface area contributed by atoms with Crippen LogP contribution >= 0.6 is 35.1 Å². The van der Waals surface area contributed by atoms with Gasteiger partial charge in [-0.25, -0.2) is 4.99 Å². The van der Waals surface area contributed by atoms with Crippen molar-refractivity contribution in [1.29, 1.82) is 0 Å². The van der Waals surface area contributed by atoms with E-state index in [2.05, 4.69) is 17.1 Å². The van der Waals surface area contributed by atoms with Crippen LogP contribution in [-0.2, 0) is 10.5 Å². The number of thioether (sulfide) groups is 2. The van der Waals surface area contributed by atoms with E-state index in [1.165, 1.54) is 17.3 Å². The van der Waals surface area contributed by atoms with Crippen LogP contribution in [0.25, 0.3) is 6.08 Å². The minimum absolute atomic E-state index is 0.00879. The second kappa shape index (κ2) is 7.18. The molecule has 2 aromatic carbocycles. The number of hydrogen-bond donors (Lipinski definition) is 0. The third-order valence-electron chi connectivity index (χ3n) is 2.98. The Bertz CT molecular complexity index is 739. The van der Waals surface area contributed by atoms with Crippen LogP contribution in [0.2, 0.25) is 5.02 Å². The van der Waals surface area contributed by atoms with E-state index in [1.807, 2.05) is 30.3 Å². The molecule has 0 bridgehead atoms. The van der Waals surface area contributed by atoms with Crippen molar-refractivity contribution in [3.05, 3.63) is 76.4 Å². The van der Waals surface area contributed by atoms with E-state index in [1.54, 1.807) is 30.0 Å². The topological polar surface area (TPSA) is 29.4 Å². The molecule has 1 aliphatic rings. The Hall–Kier alpha value is -1.49. The maximum Gasteiger partial charge on any atom is 0.244 e. The highest BCUT2D eigenvalue weighted by Gasteiger charge is 2.22. The zero-order valence-electron chi connectivity index (χ0n) is 11.5. The molecule has 2 nitrogen and oxygen atoms in total. The van der Waals surface area contributed by atoms with E-state index < -0.39 is 0 Å². The Morgan fingerprint density at radius 3 is 2.55 bits per heavy atom. The molecular formula is C17H12ClNOS2. The van der Waals surface area contributed by atoms with Gasteiger partial charge in [-0.05, 0) is 41.1 Å². The molecule has 0 N–H and O–H groups in total. The molecule has 0 spiro atoms. The van der Waals surface area contributed by atoms with Gasteiger partial charge < -0.3 is 0 Å². The first kappa shape index (κ1) is 15.4. The van der Waals surface area contributed by atoms with Crippen LogP contribution < -0.4 is 0 Å². The molecule has 0 aliphatic carbocycles. The molecule has 0 amide bonds. The number of halogens is 1. The molecule has 110 valence electrons. The molecule has 5 heteroatoms. The van der Waals surface area contributed by atoms with Gasteiger partial charge in [0.1, 0.15) is 10.1 Å². The molecule has 0 fully saturated rings. The maximum absolute atomic E-state index is 12.0. The first-order chi connectivity index (χ1) is 10.7. The second-order valence-electron chi connectivity index (χ2n) is 4.62. The second-order valence-corrected chi connectivity index (χ2v) is 7.24. The number of rotatable bonds is 3. The maximum atomic E-state index is 12.0. The Kier molecular flexibility index (Phi) is 5.03. The number of carbonyl (C=O) groups is 1. The van der Waals surface area contributed by atoms with E-state index in [0.717, 1.165) is 15.7 Å². The number of benzene rings is 2. The first-order valence-corrected chi connectivity index (χ1v) is 8.83. The van der Waals surface area contributed by atoms with Crippen LogP contribution in [0.5, 0.6) is 0 Å². The predicted molar refractivity (Wildman–Crippen MR) is 97.2 cm³/mol. The van der Waals surface area contributed by atoms with Crippen LogP contribution in [0.3, 0.4) is 0 Å². The quantitative estimate of drug-likeness (QED) is 0.712. The lowest BCUT2D eigenvalue weighted by Gasteiger charge is -1.98. The van der Waals surface area contributed by atoms with Gasteiger partial charge in [0.05, 0.1) is 0 Å². The van der Waals surface area contributed by atoms with Crippen molar-refractivity contribution in [3.8, 4) is 0 Å². The third-order valence-corrected chi connectivity index (χ3v) is 5.31. The SMILES string of the molecule is O=C1SC(SCc2ccccc2)=N/C1=C\c1ccc(Cl)cc1. The summed E-state index contributed by atoms with van der Waals surface area (Å²) in [6, 6.07) is 17.5. The zero-order chi connectivity index (χ0) is 15.4. The molecule has 1 heterocycles. The molecule has 0 radical (unpaired) electrons. The van der Waals surface area contributed by atoms with Crippen molar-refractivity contribution in [2.24, 2.45) is 4.99 Å². The van der Waals surface area contributed by atoms with E-state index >= 15 is 0 Å². The van der Waals surface area contributed by atoms with Gasteiger partial charge in [-0.3, -0.25) is 4.79 Å². The molecule has 0 aromatic heterocycles. The minimum atomic E-state index is -0.00879. The minimum Gasteiger partial charge on any atom is -0.279 e. The summed E-state index contributed by atoms with van der Waals surface area (Å²) >= 11 is 8.64. The van der Waals surface area contributed by atoms with Crippen molar-refractivity contribution < 1.29 is 4.79 Å². The van der Waals surface area contributed by atoms with Crippen LogP contribution in [0.4, 0.5) is 0 Å². The lowest BCUT2D eigenvalue weighted by molar-refractivity contribution is -0.107. The summed E-state index contributed by atoms with van der Waals surface area (Å²) in [7, 11) is 0. The fourth-order valence-corrected chi connectivity index (χ4v) is 3.81. The Morgan fingerprint density at radius 2 is 1.82 bits per heavy atom. The van der Waals surface area contributed by atoms with Crippen LogP contribution in [-0.4, -0.2) is 9.49 Å². The Labute approximate surface area is 142 Å². The Balaban J connectivity index is 1.70. The van der Waals surface area contributed by atoms with Crippen LogP contribution in [0, 0.1) is 0 Å². The molecular weight excluding hydrogens is 334 g/mol. The van der Waals surface area contributed by atoms with Gasteiger partial charge in [0, 0.05) is 10.8 Å². The highest BCUT2D eigenvalue weighted by atomic mass is 35.5. The van der Waals surface area contributed by atoms with Crippen molar-refractivity contribution in [2.75, 3.05) is 0 Å². The summed E-state index contributed by atoms with van der Waals surface area (Å²) in [4.78, 5) is 16.4. The number of nitrogens with zero attached hydrogens (tertiary/aromatic N) is 1. The predicted octanol–water partition coefficient (Wildman–Crippen LogP) is 5.24. The standard InChI is InChI=1S/C17H12ClNOS2/c18-14-8-6-12(7-9-14)10-15-16(20)22-17(19-15)21-11-13-4-2-1-3-5-13/h1-10H,11H2/b15-10-. The normalized spacial score (nSPS) is 16.1. The van der Waals surface area contributed by atoms with Crippen molar-refractivity contribution in [2.45, 2.75) is 5.75 Å². The Morgan fingerprint density at radius 1 is 1.09 bits per heavy atom. The van der Waals surface area contributed by atoms with E-state index in [0.29, 0.717) is 10.7 Å². The average Bonchev–Trinajstić information content (AvgIpc) is 2.89. The fraction of sp³-hybridized carbons (Fsp3) is 0.0588. The summed E-state index contributed by atoms with van der Waals surface area (Å²) < 4.78 is 0.800. The fourth-order valence-electron chi connectivity index (χ4n) is 1.89. The van der Waals surface area contributed by atoms with Gasteiger partial charge >= 0.3 is 0 Å². The van der Waals surface area contributed by atoms with Gasteiger partial charge in [0.15, 0.2) is 0 Å². The third kappa shape index (κ3) is 4.03. The zero-order valence-corrected chi connectivity index (χ0v) is 13.9. The number of hydrogen-bond acceptors (Lipinski definition) is 4. The highest BCUT2D eigenvalue weighted by molar-refractivity contribution is 8.45. The number of carbonyl (C=O) groups excluding carboxylic acids is 1. The molecule has 1 aliphatic heterocycles. The van der Waals surface area contributed by atoms with Crippen molar-refractivity contribution >= 4 is 50.7 Å². The monoisotopic (exact) mass is 345 g/mol. The summed E-state index contributed by atoms with van der Waals surface area (Å²) in [5.41, 5.74) is 2.63.